The fourth-order valence-electron chi connectivity index (χ4n) is 3.44. The molecule has 144 valence electrons. The quantitative estimate of drug-likeness (QED) is 0.737. The monoisotopic (exact) mass is 384 g/mol. The third kappa shape index (κ3) is 3.24. The summed E-state index contributed by atoms with van der Waals surface area (Å²) in [7, 11) is 0. The number of halogens is 2. The zero-order chi connectivity index (χ0) is 19.8. The molecule has 0 aliphatic carbocycles. The molecule has 0 spiro atoms. The predicted molar refractivity (Wildman–Crippen MR) is 100 cm³/mol. The zero-order valence-corrected chi connectivity index (χ0v) is 15.2. The van der Waals surface area contributed by atoms with Crippen LogP contribution >= 0.6 is 0 Å². The standard InChI is InChI=1S/C21H18F2N2O3/c1-12-15-9-13(22)4-7-18(15)28-19(12)11-24-21(27)16-10-14(5-6-17(16)23)25-8-2-3-20(25)26/h4-7,9-10H,2-3,8,11H2,1H3,(H,24,27). The van der Waals surface area contributed by atoms with Gasteiger partial charge in [-0.25, -0.2) is 8.78 Å². The Balaban J connectivity index is 1.54. The van der Waals surface area contributed by atoms with Crippen LogP contribution in [0.5, 0.6) is 0 Å². The van der Waals surface area contributed by atoms with Crippen molar-refractivity contribution in [3.8, 4) is 0 Å². The lowest BCUT2D eigenvalue weighted by Gasteiger charge is -2.16. The largest absolute Gasteiger partial charge is 0.459 e. The van der Waals surface area contributed by atoms with Gasteiger partial charge in [-0.05, 0) is 49.7 Å². The van der Waals surface area contributed by atoms with Crippen LogP contribution in [0.3, 0.4) is 0 Å². The Kier molecular flexibility index (Phi) is 4.58. The second kappa shape index (κ2) is 7.07. The fraction of sp³-hybridized carbons (Fsp3) is 0.238. The molecule has 7 heteroatoms. The van der Waals surface area contributed by atoms with Crippen molar-refractivity contribution in [2.75, 3.05) is 11.4 Å². The summed E-state index contributed by atoms with van der Waals surface area (Å²) in [4.78, 5) is 26.0. The number of hydrogen-bond donors (Lipinski definition) is 1. The first-order valence-electron chi connectivity index (χ1n) is 8.99. The molecule has 1 N–H and O–H groups in total. The minimum absolute atomic E-state index is 0.0350. The summed E-state index contributed by atoms with van der Waals surface area (Å²) in [6.45, 7) is 2.36. The highest BCUT2D eigenvalue weighted by molar-refractivity contribution is 5.99. The number of rotatable bonds is 4. The highest BCUT2D eigenvalue weighted by Gasteiger charge is 2.24. The van der Waals surface area contributed by atoms with Crippen molar-refractivity contribution in [2.24, 2.45) is 0 Å². The first-order chi connectivity index (χ1) is 13.4. The number of carbonyl (C=O) groups excluding carboxylic acids is 2. The van der Waals surface area contributed by atoms with Crippen molar-refractivity contribution in [1.29, 1.82) is 0 Å². The van der Waals surface area contributed by atoms with E-state index in [2.05, 4.69) is 5.32 Å². The van der Waals surface area contributed by atoms with E-state index in [0.717, 1.165) is 6.42 Å². The predicted octanol–water partition coefficient (Wildman–Crippen LogP) is 4.08. The van der Waals surface area contributed by atoms with E-state index in [-0.39, 0.29) is 23.8 Å². The van der Waals surface area contributed by atoms with Crippen LogP contribution in [0.2, 0.25) is 0 Å². The van der Waals surface area contributed by atoms with E-state index in [4.69, 9.17) is 4.42 Å². The second-order valence-electron chi connectivity index (χ2n) is 6.79. The zero-order valence-electron chi connectivity index (χ0n) is 15.2. The van der Waals surface area contributed by atoms with E-state index in [1.807, 2.05) is 0 Å². The Labute approximate surface area is 159 Å². The molecule has 5 nitrogen and oxygen atoms in total. The molecule has 2 amide bonds. The van der Waals surface area contributed by atoms with Crippen LogP contribution in [0.25, 0.3) is 11.0 Å². The molecule has 0 unspecified atom stereocenters. The Morgan fingerprint density at radius 3 is 2.79 bits per heavy atom. The van der Waals surface area contributed by atoms with Gasteiger partial charge in [0.2, 0.25) is 5.91 Å². The van der Waals surface area contributed by atoms with Crippen LogP contribution in [0.1, 0.15) is 34.5 Å². The lowest BCUT2D eigenvalue weighted by molar-refractivity contribution is -0.117. The van der Waals surface area contributed by atoms with E-state index < -0.39 is 11.7 Å². The number of aryl methyl sites for hydroxylation is 1. The molecule has 0 bridgehead atoms. The van der Waals surface area contributed by atoms with Crippen molar-refractivity contribution in [3.63, 3.8) is 0 Å². The molecule has 0 saturated carbocycles. The Morgan fingerprint density at radius 1 is 1.21 bits per heavy atom. The number of furan rings is 1. The van der Waals surface area contributed by atoms with Crippen molar-refractivity contribution in [2.45, 2.75) is 26.3 Å². The van der Waals surface area contributed by atoms with Crippen LogP contribution in [0, 0.1) is 18.6 Å². The summed E-state index contributed by atoms with van der Waals surface area (Å²) in [6, 6.07) is 8.26. The number of anilines is 1. The Bertz CT molecular complexity index is 1090. The Morgan fingerprint density at radius 2 is 2.04 bits per heavy atom. The minimum Gasteiger partial charge on any atom is -0.459 e. The van der Waals surface area contributed by atoms with E-state index in [0.29, 0.717) is 40.9 Å². The van der Waals surface area contributed by atoms with Gasteiger partial charge in [0.25, 0.3) is 5.91 Å². The molecule has 28 heavy (non-hydrogen) atoms. The molecule has 2 heterocycles. The van der Waals surface area contributed by atoms with Crippen molar-refractivity contribution < 1.29 is 22.8 Å². The first-order valence-corrected chi connectivity index (χ1v) is 8.99. The van der Waals surface area contributed by atoms with E-state index in [1.165, 1.54) is 36.4 Å². The molecule has 1 aliphatic heterocycles. The maximum Gasteiger partial charge on any atom is 0.254 e. The highest BCUT2D eigenvalue weighted by Crippen LogP contribution is 2.27. The smallest absolute Gasteiger partial charge is 0.254 e. The van der Waals surface area contributed by atoms with Crippen molar-refractivity contribution in [3.05, 3.63) is 64.9 Å². The molecule has 0 atom stereocenters. The van der Waals surface area contributed by atoms with Gasteiger partial charge >= 0.3 is 0 Å². The van der Waals surface area contributed by atoms with Gasteiger partial charge in [-0.1, -0.05) is 0 Å². The number of benzene rings is 2. The Hall–Kier alpha value is -3.22. The summed E-state index contributed by atoms with van der Waals surface area (Å²) < 4.78 is 33.3. The number of nitrogens with zero attached hydrogens (tertiary/aromatic N) is 1. The number of hydrogen-bond acceptors (Lipinski definition) is 3. The van der Waals surface area contributed by atoms with Gasteiger partial charge in [0, 0.05) is 29.6 Å². The molecule has 0 radical (unpaired) electrons. The third-order valence-electron chi connectivity index (χ3n) is 4.99. The van der Waals surface area contributed by atoms with Crippen molar-refractivity contribution in [1.82, 2.24) is 5.32 Å². The van der Waals surface area contributed by atoms with E-state index in [9.17, 15) is 18.4 Å². The average molecular weight is 384 g/mol. The maximum absolute atomic E-state index is 14.2. The minimum atomic E-state index is -0.670. The van der Waals surface area contributed by atoms with E-state index in [1.54, 1.807) is 11.8 Å². The summed E-state index contributed by atoms with van der Waals surface area (Å²) in [5.41, 5.74) is 1.59. The van der Waals surface area contributed by atoms with Gasteiger partial charge in [0.05, 0.1) is 12.1 Å². The molecule has 2 aromatic carbocycles. The number of amides is 2. The van der Waals surface area contributed by atoms with Crippen LogP contribution < -0.4 is 10.2 Å². The number of nitrogens with one attached hydrogen (secondary N) is 1. The van der Waals surface area contributed by atoms with Gasteiger partial charge < -0.3 is 14.6 Å². The summed E-state index contributed by atoms with van der Waals surface area (Å²) >= 11 is 0. The third-order valence-corrected chi connectivity index (χ3v) is 4.99. The lowest BCUT2D eigenvalue weighted by Crippen LogP contribution is -2.26. The molecular weight excluding hydrogens is 366 g/mol. The topological polar surface area (TPSA) is 62.6 Å². The number of fused-ring (bicyclic) bond motifs is 1. The molecule has 4 rings (SSSR count). The SMILES string of the molecule is Cc1c(CNC(=O)c2cc(N3CCCC3=O)ccc2F)oc2ccc(F)cc12. The highest BCUT2D eigenvalue weighted by atomic mass is 19.1. The van der Waals surface area contributed by atoms with Crippen LogP contribution in [-0.2, 0) is 11.3 Å². The molecular formula is C21H18F2N2O3. The van der Waals surface area contributed by atoms with Gasteiger partial charge in [-0.15, -0.1) is 0 Å². The maximum atomic E-state index is 14.2. The molecule has 1 saturated heterocycles. The van der Waals surface area contributed by atoms with Gasteiger partial charge in [-0.2, -0.15) is 0 Å². The molecule has 1 aliphatic rings. The van der Waals surface area contributed by atoms with Gasteiger partial charge in [0.15, 0.2) is 0 Å². The van der Waals surface area contributed by atoms with Crippen LogP contribution in [0.15, 0.2) is 40.8 Å². The summed E-state index contributed by atoms with van der Waals surface area (Å²) in [6.07, 6.45) is 1.19. The van der Waals surface area contributed by atoms with Gasteiger partial charge in [0.1, 0.15) is 23.0 Å². The van der Waals surface area contributed by atoms with E-state index >= 15 is 0 Å². The normalized spacial score (nSPS) is 14.1. The lowest BCUT2D eigenvalue weighted by atomic mass is 10.1. The molecule has 1 aromatic heterocycles. The summed E-state index contributed by atoms with van der Waals surface area (Å²) in [5.74, 6) is -1.22. The second-order valence-corrected chi connectivity index (χ2v) is 6.79. The van der Waals surface area contributed by atoms with Crippen molar-refractivity contribution >= 4 is 28.5 Å². The van der Waals surface area contributed by atoms with Crippen LogP contribution in [-0.4, -0.2) is 18.4 Å². The average Bonchev–Trinajstić information content (AvgIpc) is 3.24. The van der Waals surface area contributed by atoms with Crippen LogP contribution in [0.4, 0.5) is 14.5 Å². The fourth-order valence-corrected chi connectivity index (χ4v) is 3.44. The van der Waals surface area contributed by atoms with Gasteiger partial charge in [-0.3, -0.25) is 9.59 Å². The summed E-state index contributed by atoms with van der Waals surface area (Å²) in [5, 5.41) is 3.26. The first kappa shape index (κ1) is 18.2. The molecule has 3 aromatic rings. The number of carbonyl (C=O) groups is 2. The molecule has 1 fully saturated rings.